The number of anilines is 5. The molecule has 2 saturated heterocycles. The molecule has 5 rings (SSSR count). The fourth-order valence-corrected chi connectivity index (χ4v) is 5.03. The number of ether oxygens (including phenoxy) is 1. The van der Waals surface area contributed by atoms with Crippen LogP contribution >= 0.6 is 0 Å². The minimum Gasteiger partial charge on any atom is -0.494 e. The maximum atomic E-state index is 13.9. The zero-order chi connectivity index (χ0) is 28.9. The molecular formula is C29H32FN7O4. The molecular weight excluding hydrogens is 529 g/mol. The molecule has 0 saturated carbocycles. The van der Waals surface area contributed by atoms with Gasteiger partial charge in [0.2, 0.25) is 11.8 Å². The summed E-state index contributed by atoms with van der Waals surface area (Å²) in [5.74, 6) is 0.867. The zero-order valence-electron chi connectivity index (χ0n) is 23.0. The topological polar surface area (TPSA) is 112 Å². The molecule has 12 heteroatoms. The van der Waals surface area contributed by atoms with E-state index < -0.39 is 0 Å². The first-order chi connectivity index (χ1) is 19.9. The summed E-state index contributed by atoms with van der Waals surface area (Å²) in [6.07, 6.45) is 3.30. The first-order valence-corrected chi connectivity index (χ1v) is 13.3. The third-order valence-corrected chi connectivity index (χ3v) is 7.11. The summed E-state index contributed by atoms with van der Waals surface area (Å²) in [7, 11) is 1.56. The fourth-order valence-electron chi connectivity index (χ4n) is 5.03. The highest BCUT2D eigenvalue weighted by Crippen LogP contribution is 2.40. The Kier molecular flexibility index (Phi) is 8.29. The van der Waals surface area contributed by atoms with Gasteiger partial charge in [-0.05, 0) is 29.8 Å². The van der Waals surface area contributed by atoms with E-state index in [1.807, 2.05) is 12.1 Å². The van der Waals surface area contributed by atoms with Crippen LogP contribution in [0.25, 0.3) is 0 Å². The minimum absolute atomic E-state index is 0.0350. The Labute approximate surface area is 237 Å². The number of nitrogens with one attached hydrogen (secondary N) is 2. The molecule has 3 aromatic rings. The molecule has 2 fully saturated rings. The Morgan fingerprint density at radius 2 is 1.93 bits per heavy atom. The Morgan fingerprint density at radius 3 is 2.63 bits per heavy atom. The molecule has 2 aliphatic heterocycles. The molecule has 3 heterocycles. The van der Waals surface area contributed by atoms with Crippen molar-refractivity contribution in [3.05, 3.63) is 72.8 Å². The summed E-state index contributed by atoms with van der Waals surface area (Å²) < 4.78 is 19.6. The molecule has 0 bridgehead atoms. The van der Waals surface area contributed by atoms with Gasteiger partial charge in [-0.3, -0.25) is 14.4 Å². The second-order valence-corrected chi connectivity index (χ2v) is 9.66. The van der Waals surface area contributed by atoms with Gasteiger partial charge < -0.3 is 25.2 Å². The van der Waals surface area contributed by atoms with Crippen LogP contribution in [0.5, 0.6) is 5.75 Å². The fraction of sp³-hybridized carbons (Fsp3) is 0.310. The molecule has 11 nitrogen and oxygen atoms in total. The molecule has 2 aliphatic rings. The van der Waals surface area contributed by atoms with Gasteiger partial charge in [0, 0.05) is 51.7 Å². The van der Waals surface area contributed by atoms with E-state index in [9.17, 15) is 14.0 Å². The minimum atomic E-state index is -0.358. The Morgan fingerprint density at radius 1 is 1.12 bits per heavy atom. The van der Waals surface area contributed by atoms with Crippen molar-refractivity contribution in [2.75, 3.05) is 60.5 Å². The monoisotopic (exact) mass is 561 g/mol. The quantitative estimate of drug-likeness (QED) is 0.394. The standard InChI is InChI=1S/C29H32FN7O4/c1-4-29(39)34-22-15-23(26(40-3)16-25(22)36-11-9-35(10-12-36)19(2)38)33-27-17-28(32-18-31-27)37-24(8-13-41-37)20-6-5-7-21(30)14-20/h4-7,14-18,24H,1,8-13H2,2-3H3,(H,34,39)(H,31,32,33)/t24-/m1/s1. The van der Waals surface area contributed by atoms with Gasteiger partial charge in [0.15, 0.2) is 5.82 Å². The number of piperazine rings is 1. The highest BCUT2D eigenvalue weighted by Gasteiger charge is 2.30. The highest BCUT2D eigenvalue weighted by atomic mass is 19.1. The molecule has 41 heavy (non-hydrogen) atoms. The average Bonchev–Trinajstić information content (AvgIpc) is 3.48. The van der Waals surface area contributed by atoms with E-state index >= 15 is 0 Å². The van der Waals surface area contributed by atoms with Crippen LogP contribution in [0.15, 0.2) is 61.4 Å². The summed E-state index contributed by atoms with van der Waals surface area (Å²) in [6.45, 7) is 7.95. The van der Waals surface area contributed by atoms with Crippen LogP contribution in [0.1, 0.15) is 24.9 Å². The normalized spacial score (nSPS) is 16.9. The summed E-state index contributed by atoms with van der Waals surface area (Å²) in [4.78, 5) is 42.6. The van der Waals surface area contributed by atoms with Crippen LogP contribution in [-0.2, 0) is 14.4 Å². The Balaban J connectivity index is 1.43. The number of rotatable bonds is 8. The lowest BCUT2D eigenvalue weighted by molar-refractivity contribution is -0.129. The summed E-state index contributed by atoms with van der Waals surface area (Å²) in [5, 5.41) is 7.82. The molecule has 2 aromatic carbocycles. The van der Waals surface area contributed by atoms with E-state index in [1.165, 1.54) is 24.5 Å². The molecule has 0 spiro atoms. The molecule has 1 aromatic heterocycles. The van der Waals surface area contributed by atoms with E-state index in [4.69, 9.17) is 9.57 Å². The number of methoxy groups -OCH3 is 1. The number of hydroxylamine groups is 1. The first-order valence-electron chi connectivity index (χ1n) is 13.3. The Hall–Kier alpha value is -4.71. The average molecular weight is 562 g/mol. The van der Waals surface area contributed by atoms with Gasteiger partial charge >= 0.3 is 0 Å². The second-order valence-electron chi connectivity index (χ2n) is 9.66. The SMILES string of the molecule is C=CC(=O)Nc1cc(Nc2cc(N3OCC[C@@H]3c3cccc(F)c3)ncn2)c(OC)cc1N1CCN(C(C)=O)CC1. The summed E-state index contributed by atoms with van der Waals surface area (Å²) in [5.41, 5.74) is 2.67. The third-order valence-electron chi connectivity index (χ3n) is 7.11. The van der Waals surface area contributed by atoms with Crippen LogP contribution in [0.4, 0.5) is 33.1 Å². The number of hydrogen-bond acceptors (Lipinski definition) is 9. The van der Waals surface area contributed by atoms with Crippen molar-refractivity contribution in [2.24, 2.45) is 0 Å². The van der Waals surface area contributed by atoms with Gasteiger partial charge in [0.25, 0.3) is 0 Å². The predicted molar refractivity (Wildman–Crippen MR) is 154 cm³/mol. The molecule has 1 atom stereocenters. The lowest BCUT2D eigenvalue weighted by atomic mass is 10.0. The van der Waals surface area contributed by atoms with Crippen LogP contribution < -0.4 is 25.3 Å². The zero-order valence-corrected chi connectivity index (χ0v) is 23.0. The lowest BCUT2D eigenvalue weighted by Gasteiger charge is -2.36. The number of amides is 2. The van der Waals surface area contributed by atoms with E-state index in [1.54, 1.807) is 42.2 Å². The number of carbonyl (C=O) groups excluding carboxylic acids is 2. The molecule has 214 valence electrons. The van der Waals surface area contributed by atoms with Crippen LogP contribution in [0.3, 0.4) is 0 Å². The van der Waals surface area contributed by atoms with Crippen molar-refractivity contribution < 1.29 is 23.6 Å². The van der Waals surface area contributed by atoms with Crippen LogP contribution in [-0.4, -0.2) is 66.6 Å². The van der Waals surface area contributed by atoms with Gasteiger partial charge in [-0.2, -0.15) is 0 Å². The van der Waals surface area contributed by atoms with E-state index in [2.05, 4.69) is 32.1 Å². The number of benzene rings is 2. The lowest BCUT2D eigenvalue weighted by Crippen LogP contribution is -2.48. The Bertz CT molecular complexity index is 1440. The third kappa shape index (κ3) is 6.22. The number of carbonyl (C=O) groups is 2. The second kappa shape index (κ2) is 12.2. The van der Waals surface area contributed by atoms with Crippen molar-refractivity contribution >= 4 is 40.5 Å². The number of aromatic nitrogens is 2. The molecule has 2 amide bonds. The van der Waals surface area contributed by atoms with Crippen molar-refractivity contribution in [2.45, 2.75) is 19.4 Å². The van der Waals surface area contributed by atoms with Gasteiger partial charge in [-0.25, -0.2) is 19.4 Å². The molecule has 0 aliphatic carbocycles. The number of halogens is 1. The van der Waals surface area contributed by atoms with E-state index in [0.717, 1.165) is 11.3 Å². The first kappa shape index (κ1) is 27.8. The van der Waals surface area contributed by atoms with Crippen molar-refractivity contribution in [3.63, 3.8) is 0 Å². The van der Waals surface area contributed by atoms with Crippen LogP contribution in [0.2, 0.25) is 0 Å². The largest absolute Gasteiger partial charge is 0.494 e. The molecule has 0 unspecified atom stereocenters. The van der Waals surface area contributed by atoms with Crippen LogP contribution in [0, 0.1) is 5.82 Å². The number of hydrogen-bond donors (Lipinski definition) is 2. The van der Waals surface area contributed by atoms with Gasteiger partial charge in [-0.15, -0.1) is 0 Å². The van der Waals surface area contributed by atoms with E-state index in [0.29, 0.717) is 68.0 Å². The highest BCUT2D eigenvalue weighted by molar-refractivity contribution is 6.02. The number of nitrogens with zero attached hydrogens (tertiary/aromatic N) is 5. The van der Waals surface area contributed by atoms with Gasteiger partial charge in [0.05, 0.1) is 36.8 Å². The summed E-state index contributed by atoms with van der Waals surface area (Å²) >= 11 is 0. The van der Waals surface area contributed by atoms with Crippen molar-refractivity contribution in [3.8, 4) is 5.75 Å². The molecule has 0 radical (unpaired) electrons. The maximum absolute atomic E-state index is 13.9. The maximum Gasteiger partial charge on any atom is 0.247 e. The summed E-state index contributed by atoms with van der Waals surface area (Å²) in [6, 6.07) is 11.6. The van der Waals surface area contributed by atoms with Gasteiger partial charge in [-0.1, -0.05) is 18.7 Å². The predicted octanol–water partition coefficient (Wildman–Crippen LogP) is 4.04. The smallest absolute Gasteiger partial charge is 0.247 e. The molecule has 2 N–H and O–H groups in total. The van der Waals surface area contributed by atoms with E-state index in [-0.39, 0.29) is 23.7 Å². The van der Waals surface area contributed by atoms with Gasteiger partial charge in [0.1, 0.15) is 23.7 Å². The van der Waals surface area contributed by atoms with Crippen molar-refractivity contribution in [1.29, 1.82) is 0 Å². The van der Waals surface area contributed by atoms with Crippen molar-refractivity contribution in [1.82, 2.24) is 14.9 Å².